The lowest BCUT2D eigenvalue weighted by molar-refractivity contribution is -0.142. The summed E-state index contributed by atoms with van der Waals surface area (Å²) in [6.07, 6.45) is 4.15. The number of aromatic amines is 1. The summed E-state index contributed by atoms with van der Waals surface area (Å²) in [6, 6.07) is 6.48. The number of carbonyl (C=O) groups is 2. The normalized spacial score (nSPS) is 13.5. The Balaban J connectivity index is 2.03. The van der Waals surface area contributed by atoms with Crippen LogP contribution in [0.4, 0.5) is 0 Å². The smallest absolute Gasteiger partial charge is 0.326 e. The van der Waals surface area contributed by atoms with Gasteiger partial charge in [-0.1, -0.05) is 18.2 Å². The number of hydrogen-bond donors (Lipinski definition) is 5. The second kappa shape index (κ2) is 9.19. The summed E-state index contributed by atoms with van der Waals surface area (Å²) < 4.78 is 0. The molecule has 6 N–H and O–H groups in total. The van der Waals surface area contributed by atoms with E-state index in [9.17, 15) is 14.7 Å². The highest BCUT2D eigenvalue weighted by atomic mass is 16.4. The standard InChI is InChI=1S/C18H26N4O3/c1-20-16(10-12-11-21-14-7-3-2-6-13(12)14)17(23)22-15(18(24)25)8-4-5-9-19/h2-3,6-7,11,15-16,20-21H,4-5,8-10,19H2,1H3,(H,22,23)(H,24,25)/t15-,16?/m0/s1. The number of para-hydroxylation sites is 1. The molecule has 0 aliphatic rings. The zero-order valence-electron chi connectivity index (χ0n) is 14.4. The molecule has 1 heterocycles. The molecule has 2 aromatic rings. The number of aromatic nitrogens is 1. The topological polar surface area (TPSA) is 120 Å². The monoisotopic (exact) mass is 346 g/mol. The van der Waals surface area contributed by atoms with E-state index < -0.39 is 18.1 Å². The van der Waals surface area contributed by atoms with Gasteiger partial charge in [0.15, 0.2) is 0 Å². The van der Waals surface area contributed by atoms with Crippen molar-refractivity contribution in [2.24, 2.45) is 5.73 Å². The number of hydrogen-bond acceptors (Lipinski definition) is 4. The Morgan fingerprint density at radius 2 is 2.00 bits per heavy atom. The van der Waals surface area contributed by atoms with Crippen LogP contribution in [0, 0.1) is 0 Å². The van der Waals surface area contributed by atoms with Crippen molar-refractivity contribution in [1.29, 1.82) is 0 Å². The number of rotatable bonds is 10. The average molecular weight is 346 g/mol. The number of carbonyl (C=O) groups excluding carboxylic acids is 1. The maximum atomic E-state index is 12.5. The molecular formula is C18H26N4O3. The van der Waals surface area contributed by atoms with Gasteiger partial charge in [-0.15, -0.1) is 0 Å². The molecule has 0 fully saturated rings. The van der Waals surface area contributed by atoms with Crippen LogP contribution in [0.15, 0.2) is 30.5 Å². The van der Waals surface area contributed by atoms with Crippen LogP contribution < -0.4 is 16.4 Å². The molecule has 1 aromatic heterocycles. The molecule has 25 heavy (non-hydrogen) atoms. The summed E-state index contributed by atoms with van der Waals surface area (Å²) in [5.74, 6) is -1.33. The largest absolute Gasteiger partial charge is 0.480 e. The first-order valence-electron chi connectivity index (χ1n) is 8.52. The van der Waals surface area contributed by atoms with Crippen molar-refractivity contribution >= 4 is 22.8 Å². The van der Waals surface area contributed by atoms with Gasteiger partial charge in [-0.05, 0) is 50.9 Å². The maximum Gasteiger partial charge on any atom is 0.326 e. The third-order valence-electron chi connectivity index (χ3n) is 4.33. The van der Waals surface area contributed by atoms with Crippen molar-refractivity contribution in [3.05, 3.63) is 36.0 Å². The predicted octanol–water partition coefficient (Wildman–Crippen LogP) is 0.997. The van der Waals surface area contributed by atoms with Gasteiger partial charge >= 0.3 is 5.97 Å². The summed E-state index contributed by atoms with van der Waals surface area (Å²) in [7, 11) is 1.70. The van der Waals surface area contributed by atoms with Gasteiger partial charge in [0.25, 0.3) is 0 Å². The lowest BCUT2D eigenvalue weighted by atomic mass is 10.0. The first-order chi connectivity index (χ1) is 12.1. The minimum Gasteiger partial charge on any atom is -0.480 e. The van der Waals surface area contributed by atoms with Crippen LogP contribution in [0.25, 0.3) is 10.9 Å². The van der Waals surface area contributed by atoms with E-state index in [4.69, 9.17) is 5.73 Å². The van der Waals surface area contributed by atoms with Gasteiger partial charge in [0.05, 0.1) is 6.04 Å². The van der Waals surface area contributed by atoms with Gasteiger partial charge < -0.3 is 26.5 Å². The first-order valence-corrected chi connectivity index (χ1v) is 8.52. The number of likely N-dealkylation sites (N-methyl/N-ethyl adjacent to an activating group) is 1. The van der Waals surface area contributed by atoms with E-state index in [0.717, 1.165) is 22.9 Å². The molecule has 136 valence electrons. The predicted molar refractivity (Wildman–Crippen MR) is 97.3 cm³/mol. The van der Waals surface area contributed by atoms with Crippen LogP contribution in [0.2, 0.25) is 0 Å². The van der Waals surface area contributed by atoms with Crippen molar-refractivity contribution in [1.82, 2.24) is 15.6 Å². The maximum absolute atomic E-state index is 12.5. The Morgan fingerprint density at radius 3 is 2.68 bits per heavy atom. The number of carboxylic acids is 1. The molecule has 0 saturated carbocycles. The molecule has 2 atom stereocenters. The number of nitrogens with two attached hydrogens (primary N) is 1. The zero-order chi connectivity index (χ0) is 18.2. The highest BCUT2D eigenvalue weighted by Gasteiger charge is 2.24. The van der Waals surface area contributed by atoms with Crippen molar-refractivity contribution in [3.8, 4) is 0 Å². The highest BCUT2D eigenvalue weighted by Crippen LogP contribution is 2.19. The fourth-order valence-corrected chi connectivity index (χ4v) is 2.87. The number of aliphatic carboxylic acids is 1. The van der Waals surface area contributed by atoms with Crippen LogP contribution in [0.3, 0.4) is 0 Å². The van der Waals surface area contributed by atoms with E-state index in [2.05, 4.69) is 15.6 Å². The number of fused-ring (bicyclic) bond motifs is 1. The Hall–Kier alpha value is -2.38. The van der Waals surface area contributed by atoms with Gasteiger partial charge in [-0.2, -0.15) is 0 Å². The summed E-state index contributed by atoms with van der Waals surface area (Å²) in [5, 5.41) is 16.0. The van der Waals surface area contributed by atoms with Gasteiger partial charge in [0.1, 0.15) is 6.04 Å². The fourth-order valence-electron chi connectivity index (χ4n) is 2.87. The quantitative estimate of drug-likeness (QED) is 0.411. The van der Waals surface area contributed by atoms with E-state index in [1.807, 2.05) is 30.5 Å². The van der Waals surface area contributed by atoms with Gasteiger partial charge in [0.2, 0.25) is 5.91 Å². The third-order valence-corrected chi connectivity index (χ3v) is 4.33. The Kier molecular flexibility index (Phi) is 6.97. The van der Waals surface area contributed by atoms with E-state index >= 15 is 0 Å². The number of nitrogens with one attached hydrogen (secondary N) is 3. The van der Waals surface area contributed by atoms with Crippen molar-refractivity contribution in [2.75, 3.05) is 13.6 Å². The summed E-state index contributed by atoms with van der Waals surface area (Å²) >= 11 is 0. The number of unbranched alkanes of at least 4 members (excludes halogenated alkanes) is 1. The van der Waals surface area contributed by atoms with Gasteiger partial charge in [-0.3, -0.25) is 4.79 Å². The van der Waals surface area contributed by atoms with E-state index in [-0.39, 0.29) is 5.91 Å². The molecule has 1 aromatic carbocycles. The number of H-pyrrole nitrogens is 1. The number of carboxylic acid groups (broad SMARTS) is 1. The summed E-state index contributed by atoms with van der Waals surface area (Å²) in [5.41, 5.74) is 7.46. The summed E-state index contributed by atoms with van der Waals surface area (Å²) in [6.45, 7) is 0.514. The second-order valence-electron chi connectivity index (χ2n) is 6.09. The molecule has 7 heteroatoms. The van der Waals surface area contributed by atoms with Crippen LogP contribution >= 0.6 is 0 Å². The van der Waals surface area contributed by atoms with Crippen molar-refractivity contribution in [2.45, 2.75) is 37.8 Å². The zero-order valence-corrected chi connectivity index (χ0v) is 14.4. The molecule has 0 saturated heterocycles. The van der Waals surface area contributed by atoms with E-state index in [1.165, 1.54) is 0 Å². The molecule has 0 aliphatic heterocycles. The molecule has 1 amide bonds. The molecule has 0 aliphatic carbocycles. The van der Waals surface area contributed by atoms with Crippen LogP contribution in [-0.2, 0) is 16.0 Å². The third kappa shape index (κ3) is 5.04. The van der Waals surface area contributed by atoms with E-state index in [1.54, 1.807) is 7.05 Å². The second-order valence-corrected chi connectivity index (χ2v) is 6.09. The van der Waals surface area contributed by atoms with Crippen molar-refractivity contribution in [3.63, 3.8) is 0 Å². The first kappa shape index (κ1) is 19.0. The number of amides is 1. The number of benzene rings is 1. The average Bonchev–Trinajstić information content (AvgIpc) is 3.01. The van der Waals surface area contributed by atoms with Crippen LogP contribution in [0.1, 0.15) is 24.8 Å². The van der Waals surface area contributed by atoms with Crippen LogP contribution in [0.5, 0.6) is 0 Å². The molecule has 1 unspecified atom stereocenters. The minimum atomic E-state index is -1.02. The van der Waals surface area contributed by atoms with Gasteiger partial charge in [0, 0.05) is 17.1 Å². The molecule has 7 nitrogen and oxygen atoms in total. The van der Waals surface area contributed by atoms with E-state index in [0.29, 0.717) is 25.8 Å². The minimum absolute atomic E-state index is 0.312. The molecule has 0 radical (unpaired) electrons. The lowest BCUT2D eigenvalue weighted by Crippen LogP contribution is -2.50. The Morgan fingerprint density at radius 1 is 1.24 bits per heavy atom. The molecular weight excluding hydrogens is 320 g/mol. The Labute approximate surface area is 147 Å². The highest BCUT2D eigenvalue weighted by molar-refractivity contribution is 5.88. The summed E-state index contributed by atoms with van der Waals surface area (Å²) in [4.78, 5) is 27.1. The van der Waals surface area contributed by atoms with Gasteiger partial charge in [-0.25, -0.2) is 4.79 Å². The molecule has 2 rings (SSSR count). The van der Waals surface area contributed by atoms with Crippen LogP contribution in [-0.4, -0.2) is 47.6 Å². The molecule has 0 bridgehead atoms. The SMILES string of the molecule is CNC(Cc1c[nH]c2ccccc12)C(=O)N[C@@H](CCCCN)C(=O)O. The Bertz CT molecular complexity index is 713. The fraction of sp³-hybridized carbons (Fsp3) is 0.444. The lowest BCUT2D eigenvalue weighted by Gasteiger charge is -2.20. The molecule has 0 spiro atoms. The van der Waals surface area contributed by atoms with Crippen molar-refractivity contribution < 1.29 is 14.7 Å².